The summed E-state index contributed by atoms with van der Waals surface area (Å²) >= 11 is 0. The van der Waals surface area contributed by atoms with Crippen LogP contribution in [0.25, 0.3) is 0 Å². The normalized spacial score (nSPS) is 14.4. The highest BCUT2D eigenvalue weighted by atomic mass is 16.3. The molecule has 2 atom stereocenters. The molecule has 21 heavy (non-hydrogen) atoms. The first kappa shape index (κ1) is 15.8. The van der Waals surface area contributed by atoms with Crippen molar-refractivity contribution >= 4 is 0 Å². The van der Waals surface area contributed by atoms with Gasteiger partial charge in [0.25, 0.3) is 0 Å². The predicted molar refractivity (Wildman–Crippen MR) is 88.4 cm³/mol. The minimum atomic E-state index is 0.212. The van der Waals surface area contributed by atoms with Crippen LogP contribution in [-0.4, -0.2) is 0 Å². The van der Waals surface area contributed by atoms with Crippen molar-refractivity contribution in [3.05, 3.63) is 59.0 Å². The second-order valence-electron chi connectivity index (χ2n) is 6.40. The molecule has 2 aromatic rings. The summed E-state index contributed by atoms with van der Waals surface area (Å²) in [6, 6.07) is 13.5. The highest BCUT2D eigenvalue weighted by molar-refractivity contribution is 5.25. The average Bonchev–Trinajstić information content (AvgIpc) is 2.85. The molecule has 114 valence electrons. The molecule has 0 aliphatic rings. The van der Waals surface area contributed by atoms with E-state index in [1.807, 2.05) is 19.1 Å². The van der Waals surface area contributed by atoms with Crippen LogP contribution in [-0.2, 0) is 6.42 Å². The van der Waals surface area contributed by atoms with Crippen molar-refractivity contribution < 1.29 is 4.42 Å². The zero-order chi connectivity index (χ0) is 15.4. The van der Waals surface area contributed by atoms with Gasteiger partial charge in [-0.2, -0.15) is 0 Å². The molecule has 0 spiro atoms. The molecular formula is C19H27NO. The zero-order valence-electron chi connectivity index (χ0n) is 13.8. The lowest BCUT2D eigenvalue weighted by atomic mass is 9.99. The molecule has 1 heterocycles. The number of furan rings is 1. The van der Waals surface area contributed by atoms with Crippen molar-refractivity contribution in [1.82, 2.24) is 5.32 Å². The molecular weight excluding hydrogens is 258 g/mol. The van der Waals surface area contributed by atoms with E-state index in [9.17, 15) is 0 Å². The summed E-state index contributed by atoms with van der Waals surface area (Å²) in [6.07, 6.45) is 1.14. The van der Waals surface area contributed by atoms with E-state index in [2.05, 4.69) is 57.3 Å². The van der Waals surface area contributed by atoms with Crippen molar-refractivity contribution in [2.75, 3.05) is 0 Å². The van der Waals surface area contributed by atoms with Gasteiger partial charge in [0.1, 0.15) is 11.5 Å². The Morgan fingerprint density at radius 3 is 2.10 bits per heavy atom. The summed E-state index contributed by atoms with van der Waals surface area (Å²) in [5, 5.41) is 3.59. The number of nitrogens with one attached hydrogen (secondary N) is 1. The van der Waals surface area contributed by atoms with Gasteiger partial charge in [0.05, 0.1) is 6.04 Å². The summed E-state index contributed by atoms with van der Waals surface area (Å²) in [6.45, 7) is 10.8. The van der Waals surface area contributed by atoms with Gasteiger partial charge in [-0.3, -0.25) is 0 Å². The largest absolute Gasteiger partial charge is 0.465 e. The number of benzene rings is 1. The van der Waals surface area contributed by atoms with E-state index in [-0.39, 0.29) is 6.04 Å². The first-order chi connectivity index (χ1) is 9.95. The van der Waals surface area contributed by atoms with Crippen LogP contribution in [0.3, 0.4) is 0 Å². The molecule has 0 radical (unpaired) electrons. The van der Waals surface area contributed by atoms with E-state index >= 15 is 0 Å². The molecule has 0 saturated carbocycles. The Morgan fingerprint density at radius 2 is 1.57 bits per heavy atom. The molecule has 0 amide bonds. The van der Waals surface area contributed by atoms with Crippen molar-refractivity contribution in [3.63, 3.8) is 0 Å². The third-order valence-corrected chi connectivity index (χ3v) is 3.81. The number of aryl methyl sites for hydroxylation is 1. The van der Waals surface area contributed by atoms with E-state index in [1.54, 1.807) is 0 Å². The molecule has 2 nitrogen and oxygen atoms in total. The fourth-order valence-electron chi connectivity index (χ4n) is 2.65. The van der Waals surface area contributed by atoms with Crippen LogP contribution in [0.1, 0.15) is 62.4 Å². The summed E-state index contributed by atoms with van der Waals surface area (Å²) in [4.78, 5) is 0. The van der Waals surface area contributed by atoms with E-state index in [4.69, 9.17) is 4.42 Å². The highest BCUT2D eigenvalue weighted by Gasteiger charge is 2.13. The lowest BCUT2D eigenvalue weighted by Gasteiger charge is -2.19. The Bertz CT molecular complexity index is 553. The summed E-state index contributed by atoms with van der Waals surface area (Å²) in [7, 11) is 0. The molecule has 0 fully saturated rings. The van der Waals surface area contributed by atoms with Crippen molar-refractivity contribution in [2.45, 2.75) is 53.1 Å². The third kappa shape index (κ3) is 4.47. The second-order valence-corrected chi connectivity index (χ2v) is 6.40. The van der Waals surface area contributed by atoms with Gasteiger partial charge in [0, 0.05) is 6.04 Å². The lowest BCUT2D eigenvalue weighted by Crippen LogP contribution is -2.22. The van der Waals surface area contributed by atoms with Crippen LogP contribution >= 0.6 is 0 Å². The fourth-order valence-corrected chi connectivity index (χ4v) is 2.65. The van der Waals surface area contributed by atoms with Crippen LogP contribution in [0.15, 0.2) is 40.8 Å². The van der Waals surface area contributed by atoms with Gasteiger partial charge in [0.15, 0.2) is 0 Å². The SMILES string of the molecule is Cc1ccc(C(C)NC(C)c2ccc(CC(C)C)cc2)o1. The van der Waals surface area contributed by atoms with E-state index in [0.717, 1.165) is 17.9 Å². The smallest absolute Gasteiger partial charge is 0.120 e. The van der Waals surface area contributed by atoms with E-state index in [0.29, 0.717) is 12.0 Å². The molecule has 0 saturated heterocycles. The zero-order valence-corrected chi connectivity index (χ0v) is 13.8. The standard InChI is InChI=1S/C19H27NO/c1-13(2)12-17-7-9-18(10-8-17)15(4)20-16(5)19-11-6-14(3)21-19/h6-11,13,15-16,20H,12H2,1-5H3. The minimum Gasteiger partial charge on any atom is -0.465 e. The molecule has 0 aliphatic carbocycles. The van der Waals surface area contributed by atoms with Crippen LogP contribution in [0.2, 0.25) is 0 Å². The Balaban J connectivity index is 1.98. The molecule has 0 aliphatic heterocycles. The summed E-state index contributed by atoms with van der Waals surface area (Å²) < 4.78 is 5.68. The molecule has 1 N–H and O–H groups in total. The number of hydrogen-bond donors (Lipinski definition) is 1. The first-order valence-electron chi connectivity index (χ1n) is 7.87. The van der Waals surface area contributed by atoms with Gasteiger partial charge in [-0.1, -0.05) is 38.1 Å². The third-order valence-electron chi connectivity index (χ3n) is 3.81. The topological polar surface area (TPSA) is 25.2 Å². The molecule has 1 aromatic carbocycles. The minimum absolute atomic E-state index is 0.212. The average molecular weight is 285 g/mol. The monoisotopic (exact) mass is 285 g/mol. The van der Waals surface area contributed by atoms with Crippen LogP contribution in [0.4, 0.5) is 0 Å². The summed E-state index contributed by atoms with van der Waals surface area (Å²) in [5.74, 6) is 2.66. The molecule has 0 bridgehead atoms. The Labute approximate surface area is 128 Å². The number of hydrogen-bond acceptors (Lipinski definition) is 2. The Kier molecular flexibility index (Phi) is 5.24. The van der Waals surface area contributed by atoms with Crippen molar-refractivity contribution in [1.29, 1.82) is 0 Å². The van der Waals surface area contributed by atoms with Gasteiger partial charge in [-0.25, -0.2) is 0 Å². The Hall–Kier alpha value is -1.54. The van der Waals surface area contributed by atoms with Gasteiger partial charge in [0.2, 0.25) is 0 Å². The van der Waals surface area contributed by atoms with Gasteiger partial charge in [-0.15, -0.1) is 0 Å². The highest BCUT2D eigenvalue weighted by Crippen LogP contribution is 2.21. The quantitative estimate of drug-likeness (QED) is 0.789. The van der Waals surface area contributed by atoms with E-state index in [1.165, 1.54) is 11.1 Å². The van der Waals surface area contributed by atoms with Crippen LogP contribution in [0.5, 0.6) is 0 Å². The molecule has 2 heteroatoms. The lowest BCUT2D eigenvalue weighted by molar-refractivity contribution is 0.392. The fraction of sp³-hybridized carbons (Fsp3) is 0.474. The summed E-state index contributed by atoms with van der Waals surface area (Å²) in [5.41, 5.74) is 2.73. The molecule has 1 aromatic heterocycles. The second kappa shape index (κ2) is 6.95. The maximum absolute atomic E-state index is 5.68. The first-order valence-corrected chi connectivity index (χ1v) is 7.87. The predicted octanol–water partition coefficient (Wildman–Crippen LogP) is 5.20. The Morgan fingerprint density at radius 1 is 0.905 bits per heavy atom. The molecule has 2 rings (SSSR count). The van der Waals surface area contributed by atoms with E-state index < -0.39 is 0 Å². The van der Waals surface area contributed by atoms with Crippen molar-refractivity contribution in [3.8, 4) is 0 Å². The van der Waals surface area contributed by atoms with Crippen LogP contribution < -0.4 is 5.32 Å². The van der Waals surface area contributed by atoms with Gasteiger partial charge < -0.3 is 9.73 Å². The maximum Gasteiger partial charge on any atom is 0.120 e. The van der Waals surface area contributed by atoms with Crippen molar-refractivity contribution in [2.24, 2.45) is 5.92 Å². The molecule has 2 unspecified atom stereocenters. The van der Waals surface area contributed by atoms with Crippen LogP contribution in [0, 0.1) is 12.8 Å². The van der Waals surface area contributed by atoms with Gasteiger partial charge >= 0.3 is 0 Å². The maximum atomic E-state index is 5.68. The van der Waals surface area contributed by atoms with Gasteiger partial charge in [-0.05, 0) is 56.4 Å². The number of rotatable bonds is 6.